The molecule has 2 amide bonds. The first-order valence-corrected chi connectivity index (χ1v) is 11.6. The van der Waals surface area contributed by atoms with Gasteiger partial charge >= 0.3 is 0 Å². The molecule has 5 nitrogen and oxygen atoms in total. The van der Waals surface area contributed by atoms with Crippen LogP contribution in [0, 0.1) is 0 Å². The van der Waals surface area contributed by atoms with Crippen molar-refractivity contribution in [3.05, 3.63) is 107 Å². The van der Waals surface area contributed by atoms with Gasteiger partial charge in [0, 0.05) is 49.7 Å². The normalized spacial score (nSPS) is 15.1. The van der Waals surface area contributed by atoms with E-state index in [0.29, 0.717) is 31.6 Å². The summed E-state index contributed by atoms with van der Waals surface area (Å²) in [4.78, 5) is 29.2. The van der Waals surface area contributed by atoms with Crippen molar-refractivity contribution in [1.29, 1.82) is 0 Å². The Morgan fingerprint density at radius 1 is 0.788 bits per heavy atom. The first kappa shape index (κ1) is 23.0. The van der Waals surface area contributed by atoms with Gasteiger partial charge in [-0.15, -0.1) is 0 Å². The summed E-state index contributed by atoms with van der Waals surface area (Å²) in [5.41, 5.74) is 3.02. The van der Waals surface area contributed by atoms with Crippen molar-refractivity contribution in [1.82, 2.24) is 15.1 Å². The van der Waals surface area contributed by atoms with Crippen LogP contribution in [-0.2, 0) is 4.79 Å². The molecule has 1 unspecified atom stereocenters. The minimum absolute atomic E-state index is 0.0748. The molecular formula is C27H28ClN3O2. The number of hydrogen-bond donors (Lipinski definition) is 1. The predicted molar refractivity (Wildman–Crippen MR) is 131 cm³/mol. The Hall–Kier alpha value is -3.15. The standard InChI is InChI=1S/C27H28ClN3O2/c28-24-13-11-22(12-14-24)26(21-7-3-1-4-8-21)31-19-17-30(18-20-31)25(32)15-16-29-27(33)23-9-5-2-6-10-23/h1-14,26H,15-20H2,(H,29,33). The lowest BCUT2D eigenvalue weighted by Crippen LogP contribution is -2.50. The van der Waals surface area contributed by atoms with Crippen molar-refractivity contribution in [2.45, 2.75) is 12.5 Å². The number of benzene rings is 3. The fourth-order valence-electron chi connectivity index (χ4n) is 4.26. The molecule has 0 aromatic heterocycles. The van der Waals surface area contributed by atoms with Gasteiger partial charge in [-0.3, -0.25) is 14.5 Å². The first-order chi connectivity index (χ1) is 16.1. The minimum atomic E-state index is -0.151. The quantitative estimate of drug-likeness (QED) is 0.567. The molecule has 0 saturated carbocycles. The molecular weight excluding hydrogens is 434 g/mol. The highest BCUT2D eigenvalue weighted by atomic mass is 35.5. The number of amides is 2. The fraction of sp³-hybridized carbons (Fsp3) is 0.259. The number of piperazine rings is 1. The van der Waals surface area contributed by atoms with Crippen LogP contribution in [0.3, 0.4) is 0 Å². The average Bonchev–Trinajstić information content (AvgIpc) is 2.87. The van der Waals surface area contributed by atoms with E-state index < -0.39 is 0 Å². The number of carbonyl (C=O) groups is 2. The highest BCUT2D eigenvalue weighted by molar-refractivity contribution is 6.30. The molecule has 1 aliphatic heterocycles. The monoisotopic (exact) mass is 461 g/mol. The molecule has 0 radical (unpaired) electrons. The Morgan fingerprint density at radius 3 is 2.00 bits per heavy atom. The van der Waals surface area contributed by atoms with Gasteiger partial charge in [-0.2, -0.15) is 0 Å². The molecule has 1 heterocycles. The van der Waals surface area contributed by atoms with Crippen molar-refractivity contribution in [2.24, 2.45) is 0 Å². The molecule has 1 N–H and O–H groups in total. The Balaban J connectivity index is 1.33. The largest absolute Gasteiger partial charge is 0.352 e. The molecule has 1 saturated heterocycles. The number of nitrogens with zero attached hydrogens (tertiary/aromatic N) is 2. The van der Waals surface area contributed by atoms with Gasteiger partial charge < -0.3 is 10.2 Å². The molecule has 1 atom stereocenters. The van der Waals surface area contributed by atoms with Crippen molar-refractivity contribution in [3.8, 4) is 0 Å². The van der Waals surface area contributed by atoms with E-state index in [-0.39, 0.29) is 17.9 Å². The molecule has 6 heteroatoms. The Labute approximate surface area is 200 Å². The van der Waals surface area contributed by atoms with E-state index in [1.807, 2.05) is 41.3 Å². The highest BCUT2D eigenvalue weighted by Crippen LogP contribution is 2.30. The van der Waals surface area contributed by atoms with Crippen LogP contribution in [0.4, 0.5) is 0 Å². The van der Waals surface area contributed by atoms with Crippen LogP contribution in [0.1, 0.15) is 33.9 Å². The van der Waals surface area contributed by atoms with Gasteiger partial charge in [0.15, 0.2) is 0 Å². The Bertz CT molecular complexity index is 1050. The number of hydrogen-bond acceptors (Lipinski definition) is 3. The zero-order chi connectivity index (χ0) is 23.0. The predicted octanol–water partition coefficient (Wildman–Crippen LogP) is 4.39. The van der Waals surface area contributed by atoms with Crippen LogP contribution in [0.2, 0.25) is 5.02 Å². The average molecular weight is 462 g/mol. The summed E-state index contributed by atoms with van der Waals surface area (Å²) >= 11 is 6.11. The number of halogens is 1. The molecule has 0 aliphatic carbocycles. The molecule has 170 valence electrons. The third kappa shape index (κ3) is 6.01. The summed E-state index contributed by atoms with van der Waals surface area (Å²) < 4.78 is 0. The van der Waals surface area contributed by atoms with Crippen LogP contribution in [0.25, 0.3) is 0 Å². The lowest BCUT2D eigenvalue weighted by Gasteiger charge is -2.40. The van der Waals surface area contributed by atoms with Crippen molar-refractivity contribution in [2.75, 3.05) is 32.7 Å². The van der Waals surface area contributed by atoms with E-state index in [2.05, 4.69) is 46.6 Å². The van der Waals surface area contributed by atoms with Crippen LogP contribution < -0.4 is 5.32 Å². The molecule has 1 aliphatic rings. The van der Waals surface area contributed by atoms with Crippen LogP contribution in [-0.4, -0.2) is 54.3 Å². The first-order valence-electron chi connectivity index (χ1n) is 11.3. The number of carbonyl (C=O) groups excluding carboxylic acids is 2. The molecule has 3 aromatic carbocycles. The van der Waals surface area contributed by atoms with Crippen molar-refractivity contribution < 1.29 is 9.59 Å². The van der Waals surface area contributed by atoms with E-state index >= 15 is 0 Å². The molecule has 4 rings (SSSR count). The van der Waals surface area contributed by atoms with Gasteiger partial charge in [0.2, 0.25) is 5.91 Å². The summed E-state index contributed by atoms with van der Waals surface area (Å²) in [6.07, 6.45) is 0.303. The fourth-order valence-corrected chi connectivity index (χ4v) is 4.38. The van der Waals surface area contributed by atoms with E-state index in [0.717, 1.165) is 18.1 Å². The van der Waals surface area contributed by atoms with E-state index in [9.17, 15) is 9.59 Å². The lowest BCUT2D eigenvalue weighted by atomic mass is 9.96. The summed E-state index contributed by atoms with van der Waals surface area (Å²) in [7, 11) is 0. The third-order valence-corrected chi connectivity index (χ3v) is 6.25. The molecule has 0 spiro atoms. The van der Waals surface area contributed by atoms with Crippen molar-refractivity contribution >= 4 is 23.4 Å². The maximum atomic E-state index is 12.7. The van der Waals surface area contributed by atoms with Gasteiger partial charge in [0.25, 0.3) is 5.91 Å². The summed E-state index contributed by atoms with van der Waals surface area (Å²) in [6, 6.07) is 27.6. The summed E-state index contributed by atoms with van der Waals surface area (Å²) in [5, 5.41) is 3.56. The number of rotatable bonds is 7. The number of nitrogens with one attached hydrogen (secondary N) is 1. The lowest BCUT2D eigenvalue weighted by molar-refractivity contribution is -0.133. The van der Waals surface area contributed by atoms with Gasteiger partial charge in [-0.05, 0) is 35.4 Å². The second-order valence-electron chi connectivity index (χ2n) is 8.15. The molecule has 3 aromatic rings. The zero-order valence-electron chi connectivity index (χ0n) is 18.5. The molecule has 0 bridgehead atoms. The van der Waals surface area contributed by atoms with E-state index in [4.69, 9.17) is 11.6 Å². The Kier molecular flexibility index (Phi) is 7.76. The SMILES string of the molecule is O=C(NCCC(=O)N1CCN(C(c2ccccc2)c2ccc(Cl)cc2)CC1)c1ccccc1. The highest BCUT2D eigenvalue weighted by Gasteiger charge is 2.28. The maximum Gasteiger partial charge on any atom is 0.251 e. The summed E-state index contributed by atoms with van der Waals surface area (Å²) in [6.45, 7) is 3.24. The molecule has 33 heavy (non-hydrogen) atoms. The van der Waals surface area contributed by atoms with Gasteiger partial charge in [-0.1, -0.05) is 72.3 Å². The van der Waals surface area contributed by atoms with E-state index in [1.54, 1.807) is 12.1 Å². The smallest absolute Gasteiger partial charge is 0.251 e. The van der Waals surface area contributed by atoms with Crippen LogP contribution in [0.5, 0.6) is 0 Å². The minimum Gasteiger partial charge on any atom is -0.352 e. The van der Waals surface area contributed by atoms with E-state index in [1.165, 1.54) is 11.1 Å². The van der Waals surface area contributed by atoms with Crippen LogP contribution in [0.15, 0.2) is 84.9 Å². The van der Waals surface area contributed by atoms with Gasteiger partial charge in [0.05, 0.1) is 6.04 Å². The van der Waals surface area contributed by atoms with Crippen LogP contribution >= 0.6 is 11.6 Å². The second-order valence-corrected chi connectivity index (χ2v) is 8.59. The topological polar surface area (TPSA) is 52.7 Å². The maximum absolute atomic E-state index is 12.7. The zero-order valence-corrected chi connectivity index (χ0v) is 19.2. The second kappa shape index (κ2) is 11.1. The van der Waals surface area contributed by atoms with Gasteiger partial charge in [-0.25, -0.2) is 0 Å². The van der Waals surface area contributed by atoms with Gasteiger partial charge in [0.1, 0.15) is 0 Å². The third-order valence-electron chi connectivity index (χ3n) is 5.99. The summed E-state index contributed by atoms with van der Waals surface area (Å²) in [5.74, 6) is -0.0762. The molecule has 1 fully saturated rings. The van der Waals surface area contributed by atoms with Crippen molar-refractivity contribution in [3.63, 3.8) is 0 Å². The Morgan fingerprint density at radius 2 is 1.36 bits per heavy atom.